The summed E-state index contributed by atoms with van der Waals surface area (Å²) in [7, 11) is 0. The van der Waals surface area contributed by atoms with E-state index in [2.05, 4.69) is 36.6 Å². The van der Waals surface area contributed by atoms with Crippen LogP contribution in [0.4, 0.5) is 5.82 Å². The monoisotopic (exact) mass is 283 g/mol. The van der Waals surface area contributed by atoms with Crippen molar-refractivity contribution < 1.29 is 9.26 Å². The van der Waals surface area contributed by atoms with E-state index in [9.17, 15) is 0 Å². The first-order valence-corrected chi connectivity index (χ1v) is 6.99. The molecule has 0 amide bonds. The molecule has 0 saturated carbocycles. The summed E-state index contributed by atoms with van der Waals surface area (Å²) < 4.78 is 10.8. The molecule has 2 N–H and O–H groups in total. The molecule has 1 atom stereocenters. The van der Waals surface area contributed by atoms with Crippen molar-refractivity contribution in [2.45, 2.75) is 45.1 Å². The van der Waals surface area contributed by atoms with Gasteiger partial charge < -0.3 is 19.9 Å². The second kappa shape index (κ2) is 5.88. The first kappa shape index (κ1) is 14.3. The highest BCUT2D eigenvalue weighted by molar-refractivity contribution is 7.80. The van der Waals surface area contributed by atoms with Gasteiger partial charge in [0, 0.05) is 24.6 Å². The lowest BCUT2D eigenvalue weighted by Crippen LogP contribution is -2.34. The fourth-order valence-electron chi connectivity index (χ4n) is 1.86. The van der Waals surface area contributed by atoms with Crippen molar-refractivity contribution in [2.75, 3.05) is 18.5 Å². The number of nitrogens with one attached hydrogen (secondary N) is 2. The molecule has 1 saturated heterocycles. The third kappa shape index (κ3) is 4.18. The summed E-state index contributed by atoms with van der Waals surface area (Å²) in [5.74, 6) is 1.46. The molecular formula is C13H21N3O2S. The van der Waals surface area contributed by atoms with Crippen LogP contribution in [0, 0.1) is 0 Å². The highest BCUT2D eigenvalue weighted by atomic mass is 32.1. The average molecular weight is 283 g/mol. The van der Waals surface area contributed by atoms with Crippen molar-refractivity contribution in [3.05, 3.63) is 11.8 Å². The molecule has 106 valence electrons. The van der Waals surface area contributed by atoms with Crippen LogP contribution in [0.1, 0.15) is 39.4 Å². The van der Waals surface area contributed by atoms with Gasteiger partial charge in [-0.05, 0) is 25.1 Å². The average Bonchev–Trinajstić information content (AvgIpc) is 2.95. The lowest BCUT2D eigenvalue weighted by atomic mass is 9.93. The van der Waals surface area contributed by atoms with Gasteiger partial charge in [-0.1, -0.05) is 25.9 Å². The second-order valence-electron chi connectivity index (χ2n) is 5.80. The molecule has 2 rings (SSSR count). The number of aromatic nitrogens is 1. The van der Waals surface area contributed by atoms with Crippen molar-refractivity contribution in [3.63, 3.8) is 0 Å². The SMILES string of the molecule is CC(C)(C)c1cc(NC(=S)NCC2CCCO2)no1. The van der Waals surface area contributed by atoms with E-state index in [1.165, 1.54) is 0 Å². The zero-order chi connectivity index (χ0) is 13.9. The van der Waals surface area contributed by atoms with Crippen LogP contribution < -0.4 is 10.6 Å². The quantitative estimate of drug-likeness (QED) is 0.831. The van der Waals surface area contributed by atoms with Crippen LogP contribution in [0.5, 0.6) is 0 Å². The van der Waals surface area contributed by atoms with Gasteiger partial charge >= 0.3 is 0 Å². The van der Waals surface area contributed by atoms with E-state index in [1.807, 2.05) is 6.07 Å². The van der Waals surface area contributed by atoms with Crippen LogP contribution in [0.25, 0.3) is 0 Å². The predicted molar refractivity (Wildman–Crippen MR) is 78.4 cm³/mol. The van der Waals surface area contributed by atoms with Crippen molar-refractivity contribution in [1.29, 1.82) is 0 Å². The molecule has 1 fully saturated rings. The summed E-state index contributed by atoms with van der Waals surface area (Å²) >= 11 is 5.21. The van der Waals surface area contributed by atoms with E-state index in [0.29, 0.717) is 10.9 Å². The minimum Gasteiger partial charge on any atom is -0.376 e. The smallest absolute Gasteiger partial charge is 0.175 e. The third-order valence-electron chi connectivity index (χ3n) is 3.01. The first-order chi connectivity index (χ1) is 8.95. The summed E-state index contributed by atoms with van der Waals surface area (Å²) in [4.78, 5) is 0. The van der Waals surface area contributed by atoms with Crippen molar-refractivity contribution >= 4 is 23.1 Å². The van der Waals surface area contributed by atoms with Gasteiger partial charge in [0.1, 0.15) is 5.76 Å². The molecule has 1 aliphatic rings. The Balaban J connectivity index is 1.80. The predicted octanol–water partition coefficient (Wildman–Crippen LogP) is 2.44. The third-order valence-corrected chi connectivity index (χ3v) is 3.25. The maximum atomic E-state index is 5.52. The summed E-state index contributed by atoms with van der Waals surface area (Å²) in [6.45, 7) is 7.81. The van der Waals surface area contributed by atoms with Crippen molar-refractivity contribution in [2.24, 2.45) is 0 Å². The normalized spacial score (nSPS) is 19.4. The maximum absolute atomic E-state index is 5.52. The number of rotatable bonds is 3. The highest BCUT2D eigenvalue weighted by Crippen LogP contribution is 2.24. The summed E-state index contributed by atoms with van der Waals surface area (Å²) in [6.07, 6.45) is 2.49. The summed E-state index contributed by atoms with van der Waals surface area (Å²) in [6, 6.07) is 1.88. The Kier molecular flexibility index (Phi) is 4.42. The minimum atomic E-state index is -0.0559. The van der Waals surface area contributed by atoms with Gasteiger partial charge in [-0.15, -0.1) is 0 Å². The van der Waals surface area contributed by atoms with E-state index >= 15 is 0 Å². The van der Waals surface area contributed by atoms with E-state index in [-0.39, 0.29) is 11.5 Å². The van der Waals surface area contributed by atoms with Crippen LogP contribution in [-0.2, 0) is 10.2 Å². The molecule has 2 heterocycles. The van der Waals surface area contributed by atoms with Gasteiger partial charge in [-0.3, -0.25) is 0 Å². The molecule has 1 unspecified atom stereocenters. The lowest BCUT2D eigenvalue weighted by molar-refractivity contribution is 0.114. The number of hydrogen-bond acceptors (Lipinski definition) is 4. The fraction of sp³-hybridized carbons (Fsp3) is 0.692. The molecule has 0 aromatic carbocycles. The summed E-state index contributed by atoms with van der Waals surface area (Å²) in [5, 5.41) is 10.7. The Hall–Kier alpha value is -1.14. The Morgan fingerprint density at radius 1 is 1.53 bits per heavy atom. The van der Waals surface area contributed by atoms with E-state index in [1.54, 1.807) is 0 Å². The van der Waals surface area contributed by atoms with E-state index in [0.717, 1.165) is 31.8 Å². The van der Waals surface area contributed by atoms with Crippen LogP contribution in [0.15, 0.2) is 10.6 Å². The Morgan fingerprint density at radius 2 is 2.32 bits per heavy atom. The van der Waals surface area contributed by atoms with Gasteiger partial charge in [-0.25, -0.2) is 0 Å². The molecule has 1 aromatic heterocycles. The number of anilines is 1. The highest BCUT2D eigenvalue weighted by Gasteiger charge is 2.20. The molecule has 1 aliphatic heterocycles. The number of hydrogen-bond donors (Lipinski definition) is 2. The van der Waals surface area contributed by atoms with Gasteiger partial charge in [-0.2, -0.15) is 0 Å². The topological polar surface area (TPSA) is 59.3 Å². The molecule has 0 aliphatic carbocycles. The molecule has 19 heavy (non-hydrogen) atoms. The first-order valence-electron chi connectivity index (χ1n) is 6.59. The molecule has 1 aromatic rings. The van der Waals surface area contributed by atoms with Gasteiger partial charge in [0.05, 0.1) is 6.10 Å². The van der Waals surface area contributed by atoms with Crippen molar-refractivity contribution in [3.8, 4) is 0 Å². The molecular weight excluding hydrogens is 262 g/mol. The zero-order valence-corrected chi connectivity index (χ0v) is 12.5. The van der Waals surface area contributed by atoms with Gasteiger partial charge in [0.25, 0.3) is 0 Å². The summed E-state index contributed by atoms with van der Waals surface area (Å²) in [5.41, 5.74) is -0.0559. The lowest BCUT2D eigenvalue weighted by Gasteiger charge is -2.13. The van der Waals surface area contributed by atoms with E-state index in [4.69, 9.17) is 21.5 Å². The Bertz CT molecular complexity index is 433. The number of thiocarbonyl (C=S) groups is 1. The molecule has 0 spiro atoms. The maximum Gasteiger partial charge on any atom is 0.175 e. The standard InChI is InChI=1S/C13H21N3O2S/c1-13(2,3)10-7-11(16-18-10)15-12(19)14-8-9-5-4-6-17-9/h7,9H,4-6,8H2,1-3H3,(H2,14,15,16,19). The van der Waals surface area contributed by atoms with Crippen LogP contribution in [-0.4, -0.2) is 29.5 Å². The number of ether oxygens (including phenoxy) is 1. The van der Waals surface area contributed by atoms with Crippen LogP contribution in [0.3, 0.4) is 0 Å². The zero-order valence-electron chi connectivity index (χ0n) is 11.7. The molecule has 0 bridgehead atoms. The minimum absolute atomic E-state index is 0.0559. The Labute approximate surface area is 119 Å². The van der Waals surface area contributed by atoms with Crippen LogP contribution in [0.2, 0.25) is 0 Å². The fourth-order valence-corrected chi connectivity index (χ4v) is 2.05. The van der Waals surface area contributed by atoms with Crippen LogP contribution >= 0.6 is 12.2 Å². The van der Waals surface area contributed by atoms with Gasteiger partial charge in [0.15, 0.2) is 10.9 Å². The largest absolute Gasteiger partial charge is 0.376 e. The molecule has 5 nitrogen and oxygen atoms in total. The van der Waals surface area contributed by atoms with E-state index < -0.39 is 0 Å². The van der Waals surface area contributed by atoms with Gasteiger partial charge in [0.2, 0.25) is 0 Å². The second-order valence-corrected chi connectivity index (χ2v) is 6.20. The van der Waals surface area contributed by atoms with Crippen molar-refractivity contribution in [1.82, 2.24) is 10.5 Å². The molecule has 0 radical (unpaired) electrons. The number of nitrogens with zero attached hydrogens (tertiary/aromatic N) is 1. The Morgan fingerprint density at radius 3 is 2.89 bits per heavy atom. The molecule has 6 heteroatoms.